The van der Waals surface area contributed by atoms with Gasteiger partial charge in [-0.15, -0.1) is 0 Å². The molecule has 6 unspecified atom stereocenters. The molecule has 0 N–H and O–H groups in total. The van der Waals surface area contributed by atoms with Crippen molar-refractivity contribution in [3.05, 3.63) is 0 Å². The van der Waals surface area contributed by atoms with Crippen molar-refractivity contribution in [3.63, 3.8) is 0 Å². The maximum Gasteiger partial charge on any atom is 0.149 e. The number of carbonyl (C=O) groups is 1. The summed E-state index contributed by atoms with van der Waals surface area (Å²) in [6, 6.07) is 0. The van der Waals surface area contributed by atoms with Gasteiger partial charge in [0.25, 0.3) is 0 Å². The molecular formula is C17H26OS2. The van der Waals surface area contributed by atoms with E-state index in [1.165, 1.54) is 51.4 Å². The molecule has 112 valence electrons. The second kappa shape index (κ2) is 4.68. The topological polar surface area (TPSA) is 17.1 Å². The minimum Gasteiger partial charge on any atom is -0.298 e. The Morgan fingerprint density at radius 3 is 2.60 bits per heavy atom. The van der Waals surface area contributed by atoms with Crippen LogP contribution in [0.2, 0.25) is 0 Å². The molecule has 4 aliphatic rings. The molecule has 0 amide bonds. The highest BCUT2D eigenvalue weighted by Gasteiger charge is 2.61. The third-order valence-corrected chi connectivity index (χ3v) is 8.91. The van der Waals surface area contributed by atoms with Crippen LogP contribution in [0.5, 0.6) is 0 Å². The van der Waals surface area contributed by atoms with Crippen LogP contribution in [-0.4, -0.2) is 15.3 Å². The van der Waals surface area contributed by atoms with Crippen molar-refractivity contribution in [2.75, 3.05) is 0 Å². The van der Waals surface area contributed by atoms with E-state index in [1.54, 1.807) is 0 Å². The summed E-state index contributed by atoms with van der Waals surface area (Å²) in [5.74, 6) is 3.02. The van der Waals surface area contributed by atoms with E-state index in [9.17, 15) is 4.79 Å². The quantitative estimate of drug-likeness (QED) is 0.638. The molecule has 1 nitrogen and oxygen atoms in total. The molecule has 0 saturated heterocycles. The Kier molecular flexibility index (Phi) is 3.27. The number of fused-ring (bicyclic) bond motifs is 5. The lowest BCUT2D eigenvalue weighted by atomic mass is 9.53. The van der Waals surface area contributed by atoms with Gasteiger partial charge in [0.1, 0.15) is 5.78 Å². The Balaban J connectivity index is 1.70. The van der Waals surface area contributed by atoms with Gasteiger partial charge in [-0.1, -0.05) is 19.3 Å². The minimum atomic E-state index is -0.271. The number of hydrogen-bond acceptors (Lipinski definition) is 3. The molecule has 4 fully saturated rings. The number of ketones is 1. The van der Waals surface area contributed by atoms with Crippen LogP contribution in [0.1, 0.15) is 64.2 Å². The van der Waals surface area contributed by atoms with Gasteiger partial charge < -0.3 is 0 Å². The first-order valence-electron chi connectivity index (χ1n) is 8.54. The molecule has 0 radical (unpaired) electrons. The van der Waals surface area contributed by atoms with Gasteiger partial charge in [0.15, 0.2) is 0 Å². The molecule has 0 spiro atoms. The molecule has 3 heteroatoms. The molecule has 4 aliphatic carbocycles. The van der Waals surface area contributed by atoms with Crippen LogP contribution in [0.25, 0.3) is 0 Å². The molecule has 0 aromatic heterocycles. The summed E-state index contributed by atoms with van der Waals surface area (Å²) in [7, 11) is 0. The van der Waals surface area contributed by atoms with E-state index in [2.05, 4.69) is 0 Å². The minimum absolute atomic E-state index is 0.161. The average Bonchev–Trinajstić information content (AvgIpc) is 2.83. The van der Waals surface area contributed by atoms with Crippen molar-refractivity contribution in [3.8, 4) is 0 Å². The van der Waals surface area contributed by atoms with Crippen molar-refractivity contribution in [2.24, 2.45) is 23.7 Å². The van der Waals surface area contributed by atoms with Crippen LogP contribution in [0.3, 0.4) is 0 Å². The third kappa shape index (κ3) is 1.74. The van der Waals surface area contributed by atoms with Crippen molar-refractivity contribution in [1.82, 2.24) is 0 Å². The molecule has 0 bridgehead atoms. The Hall–Kier alpha value is 0.370. The predicted molar refractivity (Wildman–Crippen MR) is 88.6 cm³/mol. The van der Waals surface area contributed by atoms with E-state index in [4.69, 9.17) is 25.3 Å². The van der Waals surface area contributed by atoms with Crippen molar-refractivity contribution < 1.29 is 4.79 Å². The zero-order chi connectivity index (χ0) is 14.0. The van der Waals surface area contributed by atoms with Gasteiger partial charge in [-0.25, -0.2) is 0 Å². The van der Waals surface area contributed by atoms with Crippen LogP contribution in [0.15, 0.2) is 0 Å². The summed E-state index contributed by atoms with van der Waals surface area (Å²) in [5.41, 5.74) is 0. The molecule has 4 saturated carbocycles. The monoisotopic (exact) mass is 310 g/mol. The standard InChI is InChI=1S/C17H26OS2/c18-15-10-14-12(13-5-3-9-17(13,15)20)7-6-11-4-1-2-8-16(11,14)19/h11-14,19-20H,1-10H2. The van der Waals surface area contributed by atoms with E-state index in [1.807, 2.05) is 0 Å². The Labute approximate surface area is 133 Å². The molecule has 0 aliphatic heterocycles. The van der Waals surface area contributed by atoms with Gasteiger partial charge in [-0.05, 0) is 62.2 Å². The zero-order valence-electron chi connectivity index (χ0n) is 12.2. The summed E-state index contributed by atoms with van der Waals surface area (Å²) in [6.07, 6.45) is 12.2. The number of Topliss-reactive ketones (excluding diaryl/α,β-unsaturated/α-hetero) is 1. The van der Waals surface area contributed by atoms with E-state index >= 15 is 0 Å². The summed E-state index contributed by atoms with van der Waals surface area (Å²) < 4.78 is -0.110. The van der Waals surface area contributed by atoms with E-state index < -0.39 is 0 Å². The fraction of sp³-hybridized carbons (Fsp3) is 0.941. The van der Waals surface area contributed by atoms with Crippen molar-refractivity contribution >= 4 is 31.0 Å². The van der Waals surface area contributed by atoms with Crippen molar-refractivity contribution in [2.45, 2.75) is 73.7 Å². The Morgan fingerprint density at radius 2 is 1.75 bits per heavy atom. The van der Waals surface area contributed by atoms with Gasteiger partial charge in [-0.3, -0.25) is 4.79 Å². The van der Waals surface area contributed by atoms with Crippen LogP contribution in [-0.2, 0) is 4.79 Å². The normalized spacial score (nSPS) is 55.0. The summed E-state index contributed by atoms with van der Waals surface area (Å²) in [6.45, 7) is 0. The van der Waals surface area contributed by atoms with Crippen LogP contribution < -0.4 is 0 Å². The maximum atomic E-state index is 12.8. The van der Waals surface area contributed by atoms with Gasteiger partial charge >= 0.3 is 0 Å². The Morgan fingerprint density at radius 1 is 0.900 bits per heavy atom. The van der Waals surface area contributed by atoms with Crippen molar-refractivity contribution in [1.29, 1.82) is 0 Å². The molecular weight excluding hydrogens is 284 g/mol. The zero-order valence-corrected chi connectivity index (χ0v) is 14.0. The molecule has 4 rings (SSSR count). The second-order valence-electron chi connectivity index (χ2n) is 7.83. The highest BCUT2D eigenvalue weighted by molar-refractivity contribution is 7.82. The highest BCUT2D eigenvalue weighted by atomic mass is 32.1. The summed E-state index contributed by atoms with van der Waals surface area (Å²) in [4.78, 5) is 12.8. The van der Waals surface area contributed by atoms with Crippen LogP contribution in [0, 0.1) is 23.7 Å². The van der Waals surface area contributed by atoms with Gasteiger partial charge in [0.2, 0.25) is 0 Å². The van der Waals surface area contributed by atoms with E-state index in [0.717, 1.165) is 24.7 Å². The SMILES string of the molecule is O=C1CC2C(CCC3CCCCC32S)C2CCCC12S. The fourth-order valence-corrected chi connectivity index (χ4v) is 7.49. The lowest BCUT2D eigenvalue weighted by molar-refractivity contribution is -0.130. The summed E-state index contributed by atoms with van der Waals surface area (Å²) in [5, 5.41) is 0. The van der Waals surface area contributed by atoms with Crippen LogP contribution in [0.4, 0.5) is 0 Å². The first kappa shape index (κ1) is 14.0. The molecule has 20 heavy (non-hydrogen) atoms. The average molecular weight is 311 g/mol. The fourth-order valence-electron chi connectivity index (χ4n) is 6.22. The van der Waals surface area contributed by atoms with Gasteiger partial charge in [-0.2, -0.15) is 25.3 Å². The molecule has 0 aromatic carbocycles. The summed E-state index contributed by atoms with van der Waals surface area (Å²) >= 11 is 10.1. The molecule has 6 atom stereocenters. The largest absolute Gasteiger partial charge is 0.298 e. The highest BCUT2D eigenvalue weighted by Crippen LogP contribution is 2.62. The molecule has 0 aromatic rings. The molecule has 0 heterocycles. The number of hydrogen-bond donors (Lipinski definition) is 2. The second-order valence-corrected chi connectivity index (χ2v) is 9.46. The maximum absolute atomic E-state index is 12.8. The lowest BCUT2D eigenvalue weighted by Crippen LogP contribution is -2.58. The van der Waals surface area contributed by atoms with Gasteiger partial charge in [0, 0.05) is 11.2 Å². The first-order chi connectivity index (χ1) is 9.56. The number of thiol groups is 2. The number of rotatable bonds is 0. The van der Waals surface area contributed by atoms with E-state index in [0.29, 0.717) is 17.6 Å². The van der Waals surface area contributed by atoms with Crippen LogP contribution >= 0.6 is 25.3 Å². The first-order valence-corrected chi connectivity index (χ1v) is 9.43. The van der Waals surface area contributed by atoms with E-state index in [-0.39, 0.29) is 9.49 Å². The third-order valence-electron chi connectivity index (χ3n) is 7.19. The lowest BCUT2D eigenvalue weighted by Gasteiger charge is -2.58. The smallest absolute Gasteiger partial charge is 0.149 e. The van der Waals surface area contributed by atoms with Gasteiger partial charge in [0.05, 0.1) is 4.75 Å². The Bertz CT molecular complexity index is 437. The number of carbonyl (C=O) groups excluding carboxylic acids is 1. The predicted octanol–water partition coefficient (Wildman–Crippen LogP) is 4.31.